The predicted octanol–water partition coefficient (Wildman–Crippen LogP) is 5.94. The second-order valence-corrected chi connectivity index (χ2v) is 7.38. The number of nitrogens with zero attached hydrogens (tertiary/aromatic N) is 2. The number of aromatic nitrogens is 2. The van der Waals surface area contributed by atoms with Crippen molar-refractivity contribution in [3.63, 3.8) is 0 Å². The van der Waals surface area contributed by atoms with E-state index in [2.05, 4.69) is 15.5 Å². The van der Waals surface area contributed by atoms with Crippen molar-refractivity contribution in [2.45, 2.75) is 19.8 Å². The van der Waals surface area contributed by atoms with E-state index < -0.39 is 0 Å². The maximum Gasteiger partial charge on any atom is 0.239 e. The van der Waals surface area contributed by atoms with Crippen LogP contribution in [0.4, 0.5) is 5.88 Å². The number of carbonyl (C=O) groups excluding carboxylic acids is 1. The fourth-order valence-electron chi connectivity index (χ4n) is 3.24. The number of aryl methyl sites for hydroxylation is 2. The van der Waals surface area contributed by atoms with E-state index >= 15 is 0 Å². The lowest BCUT2D eigenvalue weighted by Gasteiger charge is -2.07. The fourth-order valence-corrected chi connectivity index (χ4v) is 3.36. The van der Waals surface area contributed by atoms with Gasteiger partial charge in [0.1, 0.15) is 5.69 Å². The van der Waals surface area contributed by atoms with E-state index in [4.69, 9.17) is 16.1 Å². The number of benzene rings is 2. The molecule has 0 aliphatic heterocycles. The molecule has 0 atom stereocenters. The third-order valence-corrected chi connectivity index (χ3v) is 5.25. The van der Waals surface area contributed by atoms with E-state index in [9.17, 15) is 4.79 Å². The first-order valence-electron chi connectivity index (χ1n) is 9.62. The lowest BCUT2D eigenvalue weighted by Crippen LogP contribution is -2.12. The lowest BCUT2D eigenvalue weighted by atomic mass is 10.0. The van der Waals surface area contributed by atoms with E-state index in [1.165, 1.54) is 0 Å². The summed E-state index contributed by atoms with van der Waals surface area (Å²) in [4.78, 5) is 16.7. The Morgan fingerprint density at radius 3 is 2.53 bits per heavy atom. The predicted molar refractivity (Wildman–Crippen MR) is 118 cm³/mol. The first kappa shape index (κ1) is 19.9. The zero-order chi connectivity index (χ0) is 20.9. The smallest absolute Gasteiger partial charge is 0.239 e. The molecule has 0 fully saturated rings. The summed E-state index contributed by atoms with van der Waals surface area (Å²) in [5.41, 5.74) is 5.11. The van der Waals surface area contributed by atoms with E-state index in [-0.39, 0.29) is 5.91 Å². The summed E-state index contributed by atoms with van der Waals surface area (Å²) in [5, 5.41) is 7.82. The third kappa shape index (κ3) is 4.42. The minimum atomic E-state index is -0.135. The molecule has 4 aromatic rings. The summed E-state index contributed by atoms with van der Waals surface area (Å²) in [6, 6.07) is 19.3. The van der Waals surface area contributed by atoms with Crippen molar-refractivity contribution in [3.8, 4) is 22.4 Å². The molecule has 0 saturated heterocycles. The normalized spacial score (nSPS) is 10.7. The molecule has 30 heavy (non-hydrogen) atoms. The summed E-state index contributed by atoms with van der Waals surface area (Å²) in [7, 11) is 0. The van der Waals surface area contributed by atoms with Crippen LogP contribution in [0.25, 0.3) is 22.4 Å². The summed E-state index contributed by atoms with van der Waals surface area (Å²) < 4.78 is 5.56. The molecule has 0 spiro atoms. The van der Waals surface area contributed by atoms with Crippen LogP contribution in [-0.4, -0.2) is 16.0 Å². The third-order valence-electron chi connectivity index (χ3n) is 4.83. The van der Waals surface area contributed by atoms with Crippen molar-refractivity contribution in [2.75, 3.05) is 5.32 Å². The van der Waals surface area contributed by atoms with Gasteiger partial charge in [-0.15, -0.1) is 0 Å². The molecule has 2 aromatic heterocycles. The molecule has 1 amide bonds. The van der Waals surface area contributed by atoms with Crippen LogP contribution in [0.5, 0.6) is 0 Å². The summed E-state index contributed by atoms with van der Waals surface area (Å²) in [6.07, 6.45) is 4.38. The molecule has 0 radical (unpaired) electrons. The average molecular weight is 418 g/mol. The Balaban J connectivity index is 1.63. The lowest BCUT2D eigenvalue weighted by molar-refractivity contribution is -0.116. The van der Waals surface area contributed by atoms with Crippen molar-refractivity contribution in [3.05, 3.63) is 89.2 Å². The Hall–Kier alpha value is -3.44. The Kier molecular flexibility index (Phi) is 5.91. The van der Waals surface area contributed by atoms with Crippen molar-refractivity contribution in [1.82, 2.24) is 10.1 Å². The highest BCUT2D eigenvalue weighted by Crippen LogP contribution is 2.38. The monoisotopic (exact) mass is 417 g/mol. The highest BCUT2D eigenvalue weighted by Gasteiger charge is 2.21. The number of hydrogen-bond donors (Lipinski definition) is 1. The molecular weight excluding hydrogens is 398 g/mol. The highest BCUT2D eigenvalue weighted by molar-refractivity contribution is 6.31. The van der Waals surface area contributed by atoms with Gasteiger partial charge in [0.15, 0.2) is 0 Å². The topological polar surface area (TPSA) is 68.0 Å². The van der Waals surface area contributed by atoms with Crippen molar-refractivity contribution in [1.29, 1.82) is 0 Å². The van der Waals surface area contributed by atoms with Crippen molar-refractivity contribution >= 4 is 23.4 Å². The zero-order valence-corrected chi connectivity index (χ0v) is 17.2. The maximum atomic E-state index is 12.6. The Labute approximate surface area is 179 Å². The molecule has 150 valence electrons. The van der Waals surface area contributed by atoms with Crippen LogP contribution in [0.1, 0.15) is 17.5 Å². The molecule has 6 heteroatoms. The van der Waals surface area contributed by atoms with Gasteiger partial charge in [0, 0.05) is 29.4 Å². The number of anilines is 1. The van der Waals surface area contributed by atoms with Crippen LogP contribution in [0.2, 0.25) is 5.02 Å². The number of hydrogen-bond acceptors (Lipinski definition) is 4. The quantitative estimate of drug-likeness (QED) is 0.421. The Morgan fingerprint density at radius 1 is 1.03 bits per heavy atom. The molecule has 2 aromatic carbocycles. The minimum absolute atomic E-state index is 0.135. The van der Waals surface area contributed by atoms with Crippen LogP contribution in [0.15, 0.2) is 77.6 Å². The van der Waals surface area contributed by atoms with E-state index in [0.29, 0.717) is 35.0 Å². The van der Waals surface area contributed by atoms with E-state index in [0.717, 1.165) is 22.3 Å². The van der Waals surface area contributed by atoms with Gasteiger partial charge in [0.25, 0.3) is 0 Å². The molecule has 4 rings (SSSR count). The number of rotatable bonds is 6. The molecule has 0 saturated carbocycles. The Morgan fingerprint density at radius 2 is 1.80 bits per heavy atom. The molecule has 0 unspecified atom stereocenters. The van der Waals surface area contributed by atoms with Crippen LogP contribution < -0.4 is 5.32 Å². The number of halogens is 1. The molecule has 0 aliphatic carbocycles. The largest absolute Gasteiger partial charge is 0.337 e. The first-order valence-corrected chi connectivity index (χ1v) is 10.00. The van der Waals surface area contributed by atoms with Crippen molar-refractivity contribution < 1.29 is 9.32 Å². The maximum absolute atomic E-state index is 12.6. The van der Waals surface area contributed by atoms with Gasteiger partial charge >= 0.3 is 0 Å². The van der Waals surface area contributed by atoms with Gasteiger partial charge in [-0.25, -0.2) is 0 Å². The molecule has 0 aliphatic rings. The Bertz CT molecular complexity index is 1160. The van der Waals surface area contributed by atoms with Crippen LogP contribution in [0.3, 0.4) is 0 Å². The van der Waals surface area contributed by atoms with Gasteiger partial charge in [-0.1, -0.05) is 53.2 Å². The van der Waals surface area contributed by atoms with Gasteiger partial charge in [-0.05, 0) is 54.3 Å². The molecule has 5 nitrogen and oxygen atoms in total. The fraction of sp³-hybridized carbons (Fsp3) is 0.125. The van der Waals surface area contributed by atoms with Gasteiger partial charge in [0.05, 0.1) is 5.56 Å². The number of nitrogens with one attached hydrogen (secondary N) is 1. The van der Waals surface area contributed by atoms with E-state index in [1.54, 1.807) is 12.4 Å². The van der Waals surface area contributed by atoms with Crippen LogP contribution >= 0.6 is 11.6 Å². The van der Waals surface area contributed by atoms with Gasteiger partial charge < -0.3 is 4.52 Å². The number of amides is 1. The number of carbonyl (C=O) groups is 1. The van der Waals surface area contributed by atoms with Gasteiger partial charge in [-0.2, -0.15) is 0 Å². The summed E-state index contributed by atoms with van der Waals surface area (Å²) in [6.45, 7) is 1.93. The minimum Gasteiger partial charge on any atom is -0.337 e. The SMILES string of the molecule is Cc1cc(-c2noc(NC(=O)CCc3ccccc3)c2-c2ccncc2)ccc1Cl. The molecule has 1 N–H and O–H groups in total. The van der Waals surface area contributed by atoms with Gasteiger partial charge in [-0.3, -0.25) is 15.1 Å². The average Bonchev–Trinajstić information content (AvgIpc) is 3.19. The number of pyridine rings is 1. The first-order chi connectivity index (χ1) is 14.6. The van der Waals surface area contributed by atoms with E-state index in [1.807, 2.05) is 67.6 Å². The van der Waals surface area contributed by atoms with Crippen LogP contribution in [-0.2, 0) is 11.2 Å². The molecule has 2 heterocycles. The standard InChI is InChI=1S/C24H20ClN3O2/c1-16-15-19(8-9-20(16)25)23-22(18-11-13-26-14-12-18)24(30-28-23)27-21(29)10-7-17-5-3-2-4-6-17/h2-6,8-9,11-15H,7,10H2,1H3,(H,27,29). The van der Waals surface area contributed by atoms with Gasteiger partial charge in [0.2, 0.25) is 11.8 Å². The second kappa shape index (κ2) is 8.93. The zero-order valence-electron chi connectivity index (χ0n) is 16.4. The summed E-state index contributed by atoms with van der Waals surface area (Å²) >= 11 is 6.18. The second-order valence-electron chi connectivity index (χ2n) is 6.97. The molecule has 0 bridgehead atoms. The van der Waals surface area contributed by atoms with Crippen molar-refractivity contribution in [2.24, 2.45) is 0 Å². The highest BCUT2D eigenvalue weighted by atomic mass is 35.5. The van der Waals surface area contributed by atoms with Crippen LogP contribution in [0, 0.1) is 6.92 Å². The molecular formula is C24H20ClN3O2. The summed E-state index contributed by atoms with van der Waals surface area (Å²) in [5.74, 6) is 0.186.